The third-order valence-electron chi connectivity index (χ3n) is 4.61. The molecule has 0 radical (unpaired) electrons. The quantitative estimate of drug-likeness (QED) is 0.787. The van der Waals surface area contributed by atoms with Gasteiger partial charge in [0.05, 0.1) is 5.39 Å². The molecule has 2 aromatic heterocycles. The molecule has 0 spiro atoms. The molecule has 4 rings (SSSR count). The van der Waals surface area contributed by atoms with Gasteiger partial charge in [-0.3, -0.25) is 9.78 Å². The number of hydrogen-bond donors (Lipinski definition) is 1. The lowest BCUT2D eigenvalue weighted by atomic mass is 10.0. The number of hydrogen-bond acceptors (Lipinski definition) is 4. The van der Waals surface area contributed by atoms with E-state index in [-0.39, 0.29) is 5.56 Å². The molecule has 5 nitrogen and oxygen atoms in total. The van der Waals surface area contributed by atoms with Crippen molar-refractivity contribution < 1.29 is 0 Å². The molecule has 24 heavy (non-hydrogen) atoms. The zero-order chi connectivity index (χ0) is 16.5. The Balaban J connectivity index is 1.85. The van der Waals surface area contributed by atoms with Gasteiger partial charge in [-0.05, 0) is 43.4 Å². The lowest BCUT2D eigenvalue weighted by Gasteiger charge is -2.27. The molecular formula is C19H20N4O. The molecule has 0 aliphatic carbocycles. The molecule has 0 bridgehead atoms. The summed E-state index contributed by atoms with van der Waals surface area (Å²) in [5.41, 5.74) is 3.46. The Morgan fingerprint density at radius 3 is 2.54 bits per heavy atom. The number of aromatic nitrogens is 3. The summed E-state index contributed by atoms with van der Waals surface area (Å²) in [4.78, 5) is 26.8. The Hall–Kier alpha value is -2.69. The van der Waals surface area contributed by atoms with Crippen LogP contribution in [0.5, 0.6) is 0 Å². The van der Waals surface area contributed by atoms with Crippen LogP contribution in [0.1, 0.15) is 24.8 Å². The number of rotatable bonds is 2. The number of H-pyrrole nitrogens is 1. The predicted octanol–water partition coefficient (Wildman–Crippen LogP) is 3.28. The summed E-state index contributed by atoms with van der Waals surface area (Å²) in [6.45, 7) is 3.92. The largest absolute Gasteiger partial charge is 0.342 e. The van der Waals surface area contributed by atoms with Crippen molar-refractivity contribution in [2.75, 3.05) is 18.0 Å². The monoisotopic (exact) mass is 320 g/mol. The maximum Gasteiger partial charge on any atom is 0.262 e. The molecule has 3 aromatic rings. The third-order valence-corrected chi connectivity index (χ3v) is 4.61. The molecule has 1 saturated heterocycles. The normalized spacial score (nSPS) is 15.0. The number of fused-ring (bicyclic) bond motifs is 1. The molecule has 3 heterocycles. The summed E-state index contributed by atoms with van der Waals surface area (Å²) < 4.78 is 0. The van der Waals surface area contributed by atoms with Gasteiger partial charge in [0.1, 0.15) is 0 Å². The fourth-order valence-electron chi connectivity index (χ4n) is 3.28. The predicted molar refractivity (Wildman–Crippen MR) is 96.4 cm³/mol. The lowest BCUT2D eigenvalue weighted by Crippen LogP contribution is -2.32. The summed E-state index contributed by atoms with van der Waals surface area (Å²) in [5.74, 6) is 0.640. The summed E-state index contributed by atoms with van der Waals surface area (Å²) in [7, 11) is 0. The number of piperidine rings is 1. The minimum Gasteiger partial charge on any atom is -0.342 e. The zero-order valence-corrected chi connectivity index (χ0v) is 13.7. The molecule has 0 atom stereocenters. The van der Waals surface area contributed by atoms with Crippen molar-refractivity contribution in [3.63, 3.8) is 0 Å². The van der Waals surface area contributed by atoms with Crippen LogP contribution >= 0.6 is 0 Å². The number of anilines is 1. The van der Waals surface area contributed by atoms with Gasteiger partial charge in [-0.25, -0.2) is 4.98 Å². The minimum atomic E-state index is -0.121. The van der Waals surface area contributed by atoms with Gasteiger partial charge in [-0.1, -0.05) is 29.8 Å². The van der Waals surface area contributed by atoms with Gasteiger partial charge in [0.25, 0.3) is 5.56 Å². The van der Waals surface area contributed by atoms with Gasteiger partial charge in [0.15, 0.2) is 5.65 Å². The maximum absolute atomic E-state index is 12.7. The smallest absolute Gasteiger partial charge is 0.262 e. The van der Waals surface area contributed by atoms with Crippen molar-refractivity contribution in [3.8, 4) is 11.1 Å². The molecule has 1 aliphatic heterocycles. The number of nitrogens with one attached hydrogen (secondary N) is 1. The van der Waals surface area contributed by atoms with Crippen LogP contribution in [-0.4, -0.2) is 28.0 Å². The Bertz CT molecular complexity index is 924. The highest BCUT2D eigenvalue weighted by molar-refractivity contribution is 5.92. The van der Waals surface area contributed by atoms with Crippen molar-refractivity contribution >= 4 is 17.0 Å². The van der Waals surface area contributed by atoms with Crippen molar-refractivity contribution in [3.05, 3.63) is 52.4 Å². The molecule has 0 unspecified atom stereocenters. The van der Waals surface area contributed by atoms with Crippen LogP contribution in [-0.2, 0) is 0 Å². The lowest BCUT2D eigenvalue weighted by molar-refractivity contribution is 0.568. The van der Waals surface area contributed by atoms with Crippen molar-refractivity contribution in [1.82, 2.24) is 15.0 Å². The second kappa shape index (κ2) is 6.07. The molecule has 5 heteroatoms. The summed E-state index contributed by atoms with van der Waals surface area (Å²) in [6, 6.07) is 10.0. The number of aryl methyl sites for hydroxylation is 1. The Morgan fingerprint density at radius 1 is 1.04 bits per heavy atom. The maximum atomic E-state index is 12.7. The van der Waals surface area contributed by atoms with Crippen LogP contribution in [0, 0.1) is 6.92 Å². The molecule has 122 valence electrons. The van der Waals surface area contributed by atoms with Crippen LogP contribution in [0.15, 0.2) is 41.3 Å². The Labute approximate surface area is 140 Å². The topological polar surface area (TPSA) is 61.9 Å². The first-order valence-corrected chi connectivity index (χ1v) is 8.43. The Morgan fingerprint density at radius 2 is 1.79 bits per heavy atom. The molecular weight excluding hydrogens is 300 g/mol. The van der Waals surface area contributed by atoms with Crippen LogP contribution < -0.4 is 10.5 Å². The van der Waals surface area contributed by atoms with Crippen LogP contribution in [0.3, 0.4) is 0 Å². The number of aromatic amines is 1. The zero-order valence-electron chi connectivity index (χ0n) is 13.7. The van der Waals surface area contributed by atoms with Gasteiger partial charge in [0.2, 0.25) is 5.95 Å². The third kappa shape index (κ3) is 2.66. The highest BCUT2D eigenvalue weighted by Gasteiger charge is 2.16. The minimum absolute atomic E-state index is 0.121. The van der Waals surface area contributed by atoms with E-state index in [2.05, 4.69) is 19.9 Å². The van der Waals surface area contributed by atoms with E-state index in [0.29, 0.717) is 17.0 Å². The van der Waals surface area contributed by atoms with E-state index < -0.39 is 0 Å². The van der Waals surface area contributed by atoms with E-state index in [1.165, 1.54) is 12.0 Å². The van der Waals surface area contributed by atoms with Crippen molar-refractivity contribution in [2.45, 2.75) is 26.2 Å². The van der Waals surface area contributed by atoms with Crippen molar-refractivity contribution in [2.24, 2.45) is 0 Å². The van der Waals surface area contributed by atoms with Crippen LogP contribution in [0.4, 0.5) is 5.95 Å². The average molecular weight is 320 g/mol. The van der Waals surface area contributed by atoms with Crippen molar-refractivity contribution in [1.29, 1.82) is 0 Å². The first-order chi connectivity index (χ1) is 11.7. The van der Waals surface area contributed by atoms with Gasteiger partial charge >= 0.3 is 0 Å². The van der Waals surface area contributed by atoms with Crippen LogP contribution in [0.25, 0.3) is 22.2 Å². The van der Waals surface area contributed by atoms with Gasteiger partial charge in [-0.2, -0.15) is 4.98 Å². The van der Waals surface area contributed by atoms with E-state index in [9.17, 15) is 4.79 Å². The molecule has 1 fully saturated rings. The number of pyridine rings is 1. The van der Waals surface area contributed by atoms with E-state index in [1.807, 2.05) is 37.3 Å². The summed E-state index contributed by atoms with van der Waals surface area (Å²) in [5, 5.41) is 0.558. The molecule has 1 aliphatic rings. The number of benzene rings is 1. The van der Waals surface area contributed by atoms with E-state index in [1.54, 1.807) is 6.20 Å². The molecule has 1 N–H and O–H groups in total. The van der Waals surface area contributed by atoms with E-state index in [0.717, 1.165) is 37.1 Å². The fraction of sp³-hybridized carbons (Fsp3) is 0.316. The highest BCUT2D eigenvalue weighted by Crippen LogP contribution is 2.25. The van der Waals surface area contributed by atoms with E-state index in [4.69, 9.17) is 0 Å². The van der Waals surface area contributed by atoms with E-state index >= 15 is 0 Å². The second-order valence-electron chi connectivity index (χ2n) is 6.36. The Kier molecular flexibility index (Phi) is 3.76. The first-order valence-electron chi connectivity index (χ1n) is 8.43. The van der Waals surface area contributed by atoms with Gasteiger partial charge < -0.3 is 4.90 Å². The standard InChI is InChI=1S/C19H20N4O/c1-13-5-7-14(8-6-13)15-9-10-20-17-16(15)18(24)22-19(21-17)23-11-3-2-4-12-23/h5-10H,2-4,11-12H2,1H3,(H,20,21,22,24). The molecule has 0 saturated carbocycles. The first kappa shape index (κ1) is 14.9. The second-order valence-corrected chi connectivity index (χ2v) is 6.36. The van der Waals surface area contributed by atoms with Gasteiger partial charge in [0, 0.05) is 19.3 Å². The highest BCUT2D eigenvalue weighted by atomic mass is 16.1. The van der Waals surface area contributed by atoms with Gasteiger partial charge in [-0.15, -0.1) is 0 Å². The fourth-order valence-corrected chi connectivity index (χ4v) is 3.28. The molecule has 0 amide bonds. The number of nitrogens with zero attached hydrogens (tertiary/aromatic N) is 3. The van der Waals surface area contributed by atoms with Crippen LogP contribution in [0.2, 0.25) is 0 Å². The summed E-state index contributed by atoms with van der Waals surface area (Å²) >= 11 is 0. The summed E-state index contributed by atoms with van der Waals surface area (Å²) in [6.07, 6.45) is 5.24. The average Bonchev–Trinajstić information content (AvgIpc) is 2.62. The SMILES string of the molecule is Cc1ccc(-c2ccnc3nc(N4CCCCC4)[nH]c(=O)c23)cc1. The molecule has 1 aromatic carbocycles.